The molecule has 0 saturated heterocycles. The van der Waals surface area contributed by atoms with Gasteiger partial charge >= 0.3 is 0 Å². The van der Waals surface area contributed by atoms with Gasteiger partial charge in [-0.1, -0.05) is 12.1 Å². The van der Waals surface area contributed by atoms with E-state index in [0.29, 0.717) is 11.3 Å². The summed E-state index contributed by atoms with van der Waals surface area (Å²) in [5.41, 5.74) is 12.3. The van der Waals surface area contributed by atoms with E-state index in [9.17, 15) is 4.79 Å². The van der Waals surface area contributed by atoms with Crippen molar-refractivity contribution >= 4 is 17.3 Å². The number of carbonyl (C=O) groups excluding carboxylic acids is 1. The Bertz CT molecular complexity index is 675. The number of amides is 1. The van der Waals surface area contributed by atoms with E-state index in [2.05, 4.69) is 5.32 Å². The second-order valence-corrected chi connectivity index (χ2v) is 5.28. The zero-order chi connectivity index (χ0) is 14.9. The van der Waals surface area contributed by atoms with Gasteiger partial charge in [-0.3, -0.25) is 4.79 Å². The second-order valence-electron chi connectivity index (χ2n) is 5.28. The molecule has 0 radical (unpaired) electrons. The molecular formula is C17H20N2O. The van der Waals surface area contributed by atoms with Crippen molar-refractivity contribution in [3.63, 3.8) is 0 Å². The third-order valence-corrected chi connectivity index (χ3v) is 3.63. The van der Waals surface area contributed by atoms with Crippen LogP contribution in [0.4, 0.5) is 11.4 Å². The molecule has 0 heterocycles. The predicted octanol–water partition coefficient (Wildman–Crippen LogP) is 3.75. The molecule has 20 heavy (non-hydrogen) atoms. The summed E-state index contributed by atoms with van der Waals surface area (Å²) in [6.07, 6.45) is 0. The van der Waals surface area contributed by atoms with Crippen molar-refractivity contribution in [1.29, 1.82) is 0 Å². The van der Waals surface area contributed by atoms with Gasteiger partial charge in [0.2, 0.25) is 0 Å². The van der Waals surface area contributed by atoms with Crippen LogP contribution in [0.25, 0.3) is 0 Å². The summed E-state index contributed by atoms with van der Waals surface area (Å²) < 4.78 is 0. The molecule has 0 aliphatic heterocycles. The summed E-state index contributed by atoms with van der Waals surface area (Å²) in [7, 11) is 0. The Kier molecular flexibility index (Phi) is 3.79. The molecule has 0 atom stereocenters. The summed E-state index contributed by atoms with van der Waals surface area (Å²) in [4.78, 5) is 12.3. The molecule has 2 aromatic rings. The largest absolute Gasteiger partial charge is 0.398 e. The summed E-state index contributed by atoms with van der Waals surface area (Å²) >= 11 is 0. The van der Waals surface area contributed by atoms with Crippen molar-refractivity contribution in [1.82, 2.24) is 0 Å². The molecule has 0 aromatic heterocycles. The normalized spacial score (nSPS) is 10.4. The van der Waals surface area contributed by atoms with Gasteiger partial charge in [0.15, 0.2) is 0 Å². The van der Waals surface area contributed by atoms with Crippen LogP contribution in [0.3, 0.4) is 0 Å². The maximum Gasteiger partial charge on any atom is 0.255 e. The van der Waals surface area contributed by atoms with Gasteiger partial charge in [0.1, 0.15) is 0 Å². The van der Waals surface area contributed by atoms with Crippen LogP contribution in [0.2, 0.25) is 0 Å². The Labute approximate surface area is 119 Å². The molecule has 0 unspecified atom stereocenters. The number of anilines is 2. The van der Waals surface area contributed by atoms with E-state index in [4.69, 9.17) is 5.73 Å². The lowest BCUT2D eigenvalue weighted by atomic mass is 10.1. The van der Waals surface area contributed by atoms with E-state index in [-0.39, 0.29) is 5.91 Å². The fourth-order valence-corrected chi connectivity index (χ4v) is 2.08. The first kappa shape index (κ1) is 14.1. The molecular weight excluding hydrogens is 248 g/mol. The Morgan fingerprint density at radius 2 is 1.60 bits per heavy atom. The number of rotatable bonds is 2. The van der Waals surface area contributed by atoms with Crippen molar-refractivity contribution in [2.75, 3.05) is 11.1 Å². The minimum atomic E-state index is -0.112. The molecule has 2 aromatic carbocycles. The van der Waals surface area contributed by atoms with Crippen LogP contribution >= 0.6 is 0 Å². The van der Waals surface area contributed by atoms with Crippen LogP contribution in [0.1, 0.15) is 32.6 Å². The number of hydrogen-bond acceptors (Lipinski definition) is 2. The minimum Gasteiger partial charge on any atom is -0.398 e. The number of aryl methyl sites for hydroxylation is 4. The maximum atomic E-state index is 12.3. The summed E-state index contributed by atoms with van der Waals surface area (Å²) in [5.74, 6) is -0.112. The molecule has 0 aliphatic carbocycles. The molecule has 3 N–H and O–H groups in total. The van der Waals surface area contributed by atoms with Crippen molar-refractivity contribution < 1.29 is 4.79 Å². The van der Waals surface area contributed by atoms with Crippen LogP contribution < -0.4 is 11.1 Å². The van der Waals surface area contributed by atoms with Crippen LogP contribution in [0, 0.1) is 27.7 Å². The first-order chi connectivity index (χ1) is 9.38. The highest BCUT2D eigenvalue weighted by molar-refractivity contribution is 6.05. The van der Waals surface area contributed by atoms with Gasteiger partial charge in [0.05, 0.1) is 0 Å². The third kappa shape index (κ3) is 2.82. The van der Waals surface area contributed by atoms with Crippen molar-refractivity contribution in [2.45, 2.75) is 27.7 Å². The number of carbonyl (C=O) groups is 1. The van der Waals surface area contributed by atoms with Gasteiger partial charge < -0.3 is 11.1 Å². The average molecular weight is 268 g/mol. The Morgan fingerprint density at radius 3 is 2.25 bits per heavy atom. The average Bonchev–Trinajstić information content (AvgIpc) is 2.39. The maximum absolute atomic E-state index is 12.3. The molecule has 2 rings (SSSR count). The quantitative estimate of drug-likeness (QED) is 0.815. The van der Waals surface area contributed by atoms with Crippen LogP contribution in [0.15, 0.2) is 30.3 Å². The highest BCUT2D eigenvalue weighted by atomic mass is 16.1. The van der Waals surface area contributed by atoms with Crippen molar-refractivity contribution in [3.05, 3.63) is 58.1 Å². The van der Waals surface area contributed by atoms with Crippen molar-refractivity contribution in [2.24, 2.45) is 0 Å². The first-order valence-corrected chi connectivity index (χ1v) is 6.64. The van der Waals surface area contributed by atoms with E-state index >= 15 is 0 Å². The second kappa shape index (κ2) is 5.37. The number of benzene rings is 2. The fraction of sp³-hybridized carbons (Fsp3) is 0.235. The van der Waals surface area contributed by atoms with E-state index in [0.717, 1.165) is 22.4 Å². The number of hydrogen-bond donors (Lipinski definition) is 2. The lowest BCUT2D eigenvalue weighted by Gasteiger charge is -2.12. The molecule has 3 heteroatoms. The smallest absolute Gasteiger partial charge is 0.255 e. The molecule has 1 amide bonds. The third-order valence-electron chi connectivity index (χ3n) is 3.63. The highest BCUT2D eigenvalue weighted by Gasteiger charge is 2.09. The summed E-state index contributed by atoms with van der Waals surface area (Å²) in [6, 6.07) is 9.48. The number of nitrogen functional groups attached to an aromatic ring is 1. The number of nitrogens with one attached hydrogen (secondary N) is 1. The standard InChI is InChI=1S/C17H20N2O/c1-10-5-6-14(8-11(10)2)17(20)19-16-9-15(18)12(3)7-13(16)4/h5-9H,18H2,1-4H3,(H,19,20). The lowest BCUT2D eigenvalue weighted by molar-refractivity contribution is 0.102. The van der Waals surface area contributed by atoms with E-state index in [1.165, 1.54) is 5.56 Å². The summed E-state index contributed by atoms with van der Waals surface area (Å²) in [5, 5.41) is 2.92. The van der Waals surface area contributed by atoms with Crippen molar-refractivity contribution in [3.8, 4) is 0 Å². The molecule has 0 spiro atoms. The Hall–Kier alpha value is -2.29. The van der Waals surface area contributed by atoms with Gasteiger partial charge in [-0.05, 0) is 68.1 Å². The predicted molar refractivity (Wildman–Crippen MR) is 84.2 cm³/mol. The summed E-state index contributed by atoms with van der Waals surface area (Å²) in [6.45, 7) is 7.95. The molecule has 0 bridgehead atoms. The van der Waals surface area contributed by atoms with E-state index < -0.39 is 0 Å². The van der Waals surface area contributed by atoms with Gasteiger partial charge in [0.25, 0.3) is 5.91 Å². The molecule has 0 fully saturated rings. The van der Waals surface area contributed by atoms with Gasteiger partial charge in [-0.15, -0.1) is 0 Å². The van der Waals surface area contributed by atoms with E-state index in [1.54, 1.807) is 0 Å². The Balaban J connectivity index is 2.27. The van der Waals surface area contributed by atoms with Crippen LogP contribution in [-0.4, -0.2) is 5.91 Å². The highest BCUT2D eigenvalue weighted by Crippen LogP contribution is 2.23. The number of nitrogens with two attached hydrogens (primary N) is 1. The van der Waals surface area contributed by atoms with Gasteiger partial charge in [-0.25, -0.2) is 0 Å². The molecule has 104 valence electrons. The first-order valence-electron chi connectivity index (χ1n) is 6.64. The lowest BCUT2D eigenvalue weighted by Crippen LogP contribution is -2.13. The SMILES string of the molecule is Cc1ccc(C(=O)Nc2cc(N)c(C)cc2C)cc1C. The zero-order valence-electron chi connectivity index (χ0n) is 12.4. The topological polar surface area (TPSA) is 55.1 Å². The zero-order valence-corrected chi connectivity index (χ0v) is 12.4. The van der Waals surface area contributed by atoms with Crippen LogP contribution in [-0.2, 0) is 0 Å². The monoisotopic (exact) mass is 268 g/mol. The van der Waals surface area contributed by atoms with Crippen LogP contribution in [0.5, 0.6) is 0 Å². The Morgan fingerprint density at radius 1 is 0.900 bits per heavy atom. The molecule has 3 nitrogen and oxygen atoms in total. The molecule has 0 aliphatic rings. The van der Waals surface area contributed by atoms with Gasteiger partial charge in [0, 0.05) is 16.9 Å². The van der Waals surface area contributed by atoms with E-state index in [1.807, 2.05) is 58.0 Å². The molecule has 0 saturated carbocycles. The fourth-order valence-electron chi connectivity index (χ4n) is 2.08. The van der Waals surface area contributed by atoms with Gasteiger partial charge in [-0.2, -0.15) is 0 Å². The minimum absolute atomic E-state index is 0.112.